The second kappa shape index (κ2) is 7.37. The molecule has 0 bridgehead atoms. The van der Waals surface area contributed by atoms with E-state index < -0.39 is 0 Å². The Morgan fingerprint density at radius 3 is 2.43 bits per heavy atom. The number of hydrogen-bond donors (Lipinski definition) is 2. The molecule has 2 atom stereocenters. The van der Waals surface area contributed by atoms with Crippen molar-refractivity contribution >= 4 is 5.91 Å². The molecule has 0 spiro atoms. The summed E-state index contributed by atoms with van der Waals surface area (Å²) in [7, 11) is 0. The van der Waals surface area contributed by atoms with Gasteiger partial charge in [0, 0.05) is 12.1 Å². The Kier molecular flexibility index (Phi) is 5.50. The first-order valence-electron chi connectivity index (χ1n) is 7.83. The number of nitrogens with zero attached hydrogens (tertiary/aromatic N) is 3. The molecule has 0 aliphatic heterocycles. The Hall–Kier alpha value is -2.21. The number of amides is 1. The monoisotopic (exact) mass is 316 g/mol. The van der Waals surface area contributed by atoms with Crippen LogP contribution in [0.25, 0.3) is 5.69 Å². The number of aryl methyl sites for hydroxylation is 2. The van der Waals surface area contributed by atoms with Gasteiger partial charge in [-0.05, 0) is 57.4 Å². The van der Waals surface area contributed by atoms with Gasteiger partial charge in [0.05, 0.1) is 11.8 Å². The van der Waals surface area contributed by atoms with Crippen molar-refractivity contribution < 1.29 is 9.90 Å². The number of aliphatic hydroxyl groups excluding tert-OH is 1. The lowest BCUT2D eigenvalue weighted by Crippen LogP contribution is -2.29. The largest absolute Gasteiger partial charge is 0.393 e. The van der Waals surface area contributed by atoms with Crippen molar-refractivity contribution in [2.45, 2.75) is 40.2 Å². The molecule has 2 rings (SSSR count). The fraction of sp³-hybridized carbons (Fsp3) is 0.471. The number of aromatic nitrogens is 3. The van der Waals surface area contributed by atoms with Gasteiger partial charge >= 0.3 is 0 Å². The highest BCUT2D eigenvalue weighted by atomic mass is 16.3. The van der Waals surface area contributed by atoms with E-state index in [4.69, 9.17) is 0 Å². The van der Waals surface area contributed by atoms with Crippen molar-refractivity contribution in [1.82, 2.24) is 20.1 Å². The second-order valence-electron chi connectivity index (χ2n) is 6.06. The van der Waals surface area contributed by atoms with Crippen LogP contribution in [0.5, 0.6) is 0 Å². The van der Waals surface area contributed by atoms with E-state index in [9.17, 15) is 9.90 Å². The lowest BCUT2D eigenvalue weighted by molar-refractivity contribution is 0.0939. The van der Waals surface area contributed by atoms with E-state index in [0.717, 1.165) is 17.3 Å². The molecule has 0 saturated heterocycles. The number of hydrogen-bond acceptors (Lipinski definition) is 4. The minimum atomic E-state index is -0.351. The van der Waals surface area contributed by atoms with Crippen molar-refractivity contribution in [2.24, 2.45) is 5.92 Å². The highest BCUT2D eigenvalue weighted by Crippen LogP contribution is 2.11. The molecule has 2 N–H and O–H groups in total. The molecule has 0 fully saturated rings. The van der Waals surface area contributed by atoms with Crippen LogP contribution in [0.4, 0.5) is 0 Å². The molecule has 2 unspecified atom stereocenters. The maximum atomic E-state index is 12.1. The molecular formula is C17H24N4O2. The smallest absolute Gasteiger partial charge is 0.251 e. The summed E-state index contributed by atoms with van der Waals surface area (Å²) in [5.74, 6) is 1.66. The molecule has 0 aliphatic rings. The zero-order valence-corrected chi connectivity index (χ0v) is 14.1. The molecule has 2 aromatic rings. The molecule has 1 amide bonds. The van der Waals surface area contributed by atoms with Gasteiger partial charge in [-0.3, -0.25) is 4.79 Å². The van der Waals surface area contributed by atoms with Crippen molar-refractivity contribution in [3.05, 3.63) is 41.5 Å². The molecular weight excluding hydrogens is 292 g/mol. The normalized spacial score (nSPS) is 13.6. The van der Waals surface area contributed by atoms with Crippen LogP contribution in [0.1, 0.15) is 42.3 Å². The predicted molar refractivity (Wildman–Crippen MR) is 88.6 cm³/mol. The first-order valence-corrected chi connectivity index (χ1v) is 7.83. The van der Waals surface area contributed by atoms with Crippen LogP contribution in [0, 0.1) is 19.8 Å². The van der Waals surface area contributed by atoms with Gasteiger partial charge in [0.15, 0.2) is 0 Å². The van der Waals surface area contributed by atoms with Crippen molar-refractivity contribution in [1.29, 1.82) is 0 Å². The van der Waals surface area contributed by atoms with E-state index in [1.165, 1.54) is 0 Å². The summed E-state index contributed by atoms with van der Waals surface area (Å²) in [6, 6.07) is 7.27. The molecule has 6 nitrogen and oxygen atoms in total. The number of nitrogens with one attached hydrogen (secondary N) is 1. The molecule has 0 radical (unpaired) electrons. The maximum Gasteiger partial charge on any atom is 0.251 e. The average Bonchev–Trinajstić information content (AvgIpc) is 2.83. The fourth-order valence-corrected chi connectivity index (χ4v) is 2.55. The SMILES string of the molecule is Cc1nc(C)n(-c2ccc(C(=O)NCC(C)CC(C)O)cc2)n1. The van der Waals surface area contributed by atoms with Crippen molar-refractivity contribution in [3.8, 4) is 5.69 Å². The third kappa shape index (κ3) is 4.63. The molecule has 1 aromatic carbocycles. The third-order valence-electron chi connectivity index (χ3n) is 3.60. The van der Waals surface area contributed by atoms with Crippen LogP contribution in [0.2, 0.25) is 0 Å². The van der Waals surface area contributed by atoms with Crippen LogP contribution < -0.4 is 5.32 Å². The van der Waals surface area contributed by atoms with Crippen LogP contribution in [-0.4, -0.2) is 38.4 Å². The van der Waals surface area contributed by atoms with E-state index in [1.54, 1.807) is 23.7 Å². The summed E-state index contributed by atoms with van der Waals surface area (Å²) in [5.41, 5.74) is 1.48. The Balaban J connectivity index is 1.99. The summed E-state index contributed by atoms with van der Waals surface area (Å²) in [6.07, 6.45) is 0.319. The fourth-order valence-electron chi connectivity index (χ4n) is 2.55. The van der Waals surface area contributed by atoms with Gasteiger partial charge in [0.1, 0.15) is 11.6 Å². The Bertz CT molecular complexity index is 662. The van der Waals surface area contributed by atoms with Gasteiger partial charge in [-0.1, -0.05) is 6.92 Å². The molecule has 1 heterocycles. The number of benzene rings is 1. The molecule has 124 valence electrons. The first-order chi connectivity index (χ1) is 10.9. The zero-order valence-electron chi connectivity index (χ0n) is 14.1. The molecule has 1 aromatic heterocycles. The molecule has 0 aliphatic carbocycles. The van der Waals surface area contributed by atoms with Crippen molar-refractivity contribution in [3.63, 3.8) is 0 Å². The van der Waals surface area contributed by atoms with Crippen LogP contribution in [0.3, 0.4) is 0 Å². The minimum absolute atomic E-state index is 0.111. The number of carbonyl (C=O) groups is 1. The minimum Gasteiger partial charge on any atom is -0.393 e. The van der Waals surface area contributed by atoms with Gasteiger partial charge in [-0.15, -0.1) is 0 Å². The number of aliphatic hydroxyl groups is 1. The summed E-state index contributed by atoms with van der Waals surface area (Å²) < 4.78 is 1.75. The van der Waals surface area contributed by atoms with E-state index in [1.807, 2.05) is 32.9 Å². The highest BCUT2D eigenvalue weighted by molar-refractivity contribution is 5.94. The van der Waals surface area contributed by atoms with E-state index in [0.29, 0.717) is 18.5 Å². The summed E-state index contributed by atoms with van der Waals surface area (Å²) >= 11 is 0. The Labute approximate surface area is 136 Å². The van der Waals surface area contributed by atoms with Crippen LogP contribution in [0.15, 0.2) is 24.3 Å². The first kappa shape index (κ1) is 17.1. The summed E-state index contributed by atoms with van der Waals surface area (Å²) in [4.78, 5) is 16.4. The van der Waals surface area contributed by atoms with Crippen LogP contribution in [-0.2, 0) is 0 Å². The standard InChI is InChI=1S/C17H24N4O2/c1-11(9-12(2)22)10-18-17(23)15-5-7-16(8-6-15)21-14(4)19-13(3)20-21/h5-8,11-12,22H,9-10H2,1-4H3,(H,18,23). The number of rotatable bonds is 6. The Morgan fingerprint density at radius 1 is 1.26 bits per heavy atom. The van der Waals surface area contributed by atoms with E-state index >= 15 is 0 Å². The van der Waals surface area contributed by atoms with Gasteiger partial charge in [0.2, 0.25) is 0 Å². The highest BCUT2D eigenvalue weighted by Gasteiger charge is 2.11. The summed E-state index contributed by atoms with van der Waals surface area (Å²) in [6.45, 7) is 8.05. The lowest BCUT2D eigenvalue weighted by Gasteiger charge is -2.14. The van der Waals surface area contributed by atoms with Gasteiger partial charge in [-0.2, -0.15) is 5.10 Å². The second-order valence-corrected chi connectivity index (χ2v) is 6.06. The molecule has 6 heteroatoms. The predicted octanol–water partition coefficient (Wildman–Crippen LogP) is 2.02. The van der Waals surface area contributed by atoms with Gasteiger partial charge < -0.3 is 10.4 Å². The van der Waals surface area contributed by atoms with Gasteiger partial charge in [-0.25, -0.2) is 9.67 Å². The zero-order chi connectivity index (χ0) is 17.0. The van der Waals surface area contributed by atoms with Gasteiger partial charge in [0.25, 0.3) is 5.91 Å². The third-order valence-corrected chi connectivity index (χ3v) is 3.60. The van der Waals surface area contributed by atoms with Crippen molar-refractivity contribution in [2.75, 3.05) is 6.54 Å². The summed E-state index contributed by atoms with van der Waals surface area (Å²) in [5, 5.41) is 16.6. The Morgan fingerprint density at radius 2 is 1.91 bits per heavy atom. The molecule has 0 saturated carbocycles. The number of carbonyl (C=O) groups excluding carboxylic acids is 1. The maximum absolute atomic E-state index is 12.1. The average molecular weight is 316 g/mol. The quantitative estimate of drug-likeness (QED) is 0.854. The lowest BCUT2D eigenvalue weighted by atomic mass is 10.0. The van der Waals surface area contributed by atoms with E-state index in [-0.39, 0.29) is 17.9 Å². The topological polar surface area (TPSA) is 80.0 Å². The van der Waals surface area contributed by atoms with Crippen LogP contribution >= 0.6 is 0 Å². The molecule has 23 heavy (non-hydrogen) atoms. The van der Waals surface area contributed by atoms with E-state index in [2.05, 4.69) is 15.4 Å².